The van der Waals surface area contributed by atoms with Crippen LogP contribution in [0.1, 0.15) is 13.8 Å². The number of hydrogen-bond donors (Lipinski definition) is 2. The highest BCUT2D eigenvalue weighted by atomic mass is 17.2. The normalized spacial score (nSPS) is 11.2. The largest absolute Gasteiger partial charge is 0.249 e. The van der Waals surface area contributed by atoms with E-state index in [2.05, 4.69) is 9.78 Å². The molecular weight excluding hydrogens is 112 g/mol. The molecule has 0 rings (SSSR count). The van der Waals surface area contributed by atoms with Crippen LogP contribution >= 0.6 is 0 Å². The molecule has 0 unspecified atom stereocenters. The Bertz CT molecular complexity index is 50.0. The van der Waals surface area contributed by atoms with Crippen molar-refractivity contribution >= 4 is 0 Å². The second-order valence-corrected chi connectivity index (χ2v) is 1.62. The lowest BCUT2D eigenvalue weighted by Crippen LogP contribution is -2.18. The van der Waals surface area contributed by atoms with Crippen LogP contribution < -0.4 is 0 Å². The highest BCUT2D eigenvalue weighted by Gasteiger charge is 2.13. The summed E-state index contributed by atoms with van der Waals surface area (Å²) in [6, 6.07) is 0. The molecular formula is C4H9O4. The van der Waals surface area contributed by atoms with Gasteiger partial charge in [0.15, 0.2) is 0 Å². The molecule has 0 saturated heterocycles. The Morgan fingerprint density at radius 3 is 1.62 bits per heavy atom. The topological polar surface area (TPSA) is 58.9 Å². The Labute approximate surface area is 47.5 Å². The van der Waals surface area contributed by atoms with E-state index < -0.39 is 6.29 Å². The summed E-state index contributed by atoms with van der Waals surface area (Å²) in [5.41, 5.74) is 0. The van der Waals surface area contributed by atoms with Crippen molar-refractivity contribution in [2.24, 2.45) is 0 Å². The van der Waals surface area contributed by atoms with Gasteiger partial charge in [0.2, 0.25) is 6.29 Å². The zero-order chi connectivity index (χ0) is 6.57. The Balaban J connectivity index is 3.35. The highest BCUT2D eigenvalue weighted by Crippen LogP contribution is 2.06. The molecule has 8 heavy (non-hydrogen) atoms. The van der Waals surface area contributed by atoms with Crippen molar-refractivity contribution < 1.29 is 20.3 Å². The van der Waals surface area contributed by atoms with Gasteiger partial charge < -0.3 is 0 Å². The first kappa shape index (κ1) is 7.84. The van der Waals surface area contributed by atoms with Gasteiger partial charge in [-0.2, -0.15) is 0 Å². The molecule has 0 aromatic carbocycles. The van der Waals surface area contributed by atoms with Gasteiger partial charge in [-0.15, -0.1) is 0 Å². The van der Waals surface area contributed by atoms with Crippen LogP contribution in [0, 0.1) is 5.92 Å². The summed E-state index contributed by atoms with van der Waals surface area (Å²) in [7, 11) is 0. The molecule has 1 radical (unpaired) electrons. The lowest BCUT2D eigenvalue weighted by atomic mass is 10.2. The van der Waals surface area contributed by atoms with Crippen LogP contribution in [0.2, 0.25) is 0 Å². The summed E-state index contributed by atoms with van der Waals surface area (Å²) < 4.78 is 0. The molecule has 0 aromatic heterocycles. The van der Waals surface area contributed by atoms with Gasteiger partial charge in [0.05, 0.1) is 0 Å². The zero-order valence-electron chi connectivity index (χ0n) is 4.79. The van der Waals surface area contributed by atoms with Crippen molar-refractivity contribution in [1.29, 1.82) is 0 Å². The molecule has 0 fully saturated rings. The third-order valence-electron chi connectivity index (χ3n) is 0.663. The second-order valence-electron chi connectivity index (χ2n) is 1.62. The monoisotopic (exact) mass is 121 g/mol. The van der Waals surface area contributed by atoms with E-state index in [0.29, 0.717) is 5.92 Å². The summed E-state index contributed by atoms with van der Waals surface area (Å²) in [5.74, 6) is 0.634. The smallest absolute Gasteiger partial charge is 0.229 e. The third-order valence-corrected chi connectivity index (χ3v) is 0.663. The fourth-order valence-electron chi connectivity index (χ4n) is 0.230. The maximum atomic E-state index is 7.89. The molecule has 49 valence electrons. The van der Waals surface area contributed by atoms with Gasteiger partial charge in [0, 0.05) is 5.92 Å². The summed E-state index contributed by atoms with van der Waals surface area (Å²) in [6.07, 6.45) is -1.02. The van der Waals surface area contributed by atoms with Crippen LogP contribution in [0.3, 0.4) is 0 Å². The summed E-state index contributed by atoms with van der Waals surface area (Å²) in [4.78, 5) is 7.30. The minimum atomic E-state index is -1.02. The van der Waals surface area contributed by atoms with Crippen LogP contribution in [-0.2, 0) is 9.78 Å². The summed E-state index contributed by atoms with van der Waals surface area (Å²) >= 11 is 0. The van der Waals surface area contributed by atoms with Crippen LogP contribution in [0.25, 0.3) is 0 Å². The first-order valence-electron chi connectivity index (χ1n) is 2.13. The van der Waals surface area contributed by atoms with Crippen molar-refractivity contribution in [1.82, 2.24) is 0 Å². The van der Waals surface area contributed by atoms with E-state index in [-0.39, 0.29) is 0 Å². The molecule has 0 saturated carbocycles. The Morgan fingerprint density at radius 1 is 1.25 bits per heavy atom. The zero-order valence-corrected chi connectivity index (χ0v) is 4.79. The van der Waals surface area contributed by atoms with Crippen LogP contribution in [0.4, 0.5) is 0 Å². The molecule has 2 N–H and O–H groups in total. The van der Waals surface area contributed by atoms with Crippen molar-refractivity contribution in [3.63, 3.8) is 0 Å². The first-order chi connectivity index (χ1) is 3.72. The van der Waals surface area contributed by atoms with Gasteiger partial charge in [-0.05, 0) is 0 Å². The molecule has 0 spiro atoms. The van der Waals surface area contributed by atoms with Crippen molar-refractivity contribution in [3.05, 3.63) is 5.92 Å². The minimum Gasteiger partial charge on any atom is -0.249 e. The van der Waals surface area contributed by atoms with Gasteiger partial charge in [-0.1, -0.05) is 13.8 Å². The maximum Gasteiger partial charge on any atom is 0.229 e. The Morgan fingerprint density at radius 2 is 1.62 bits per heavy atom. The molecule has 0 aliphatic carbocycles. The first-order valence-corrected chi connectivity index (χ1v) is 2.13. The summed E-state index contributed by atoms with van der Waals surface area (Å²) in [6.45, 7) is 3.30. The van der Waals surface area contributed by atoms with Gasteiger partial charge in [-0.25, -0.2) is 20.3 Å². The quantitative estimate of drug-likeness (QED) is 0.331. The molecule has 0 aliphatic rings. The van der Waals surface area contributed by atoms with Crippen LogP contribution in [0.15, 0.2) is 0 Å². The molecule has 4 nitrogen and oxygen atoms in total. The number of hydrogen-bond acceptors (Lipinski definition) is 4. The van der Waals surface area contributed by atoms with Gasteiger partial charge in [-0.3, -0.25) is 0 Å². The van der Waals surface area contributed by atoms with Crippen LogP contribution in [-0.4, -0.2) is 16.8 Å². The minimum absolute atomic E-state index is 0.634. The van der Waals surface area contributed by atoms with E-state index >= 15 is 0 Å². The van der Waals surface area contributed by atoms with Gasteiger partial charge >= 0.3 is 0 Å². The van der Waals surface area contributed by atoms with Gasteiger partial charge in [0.25, 0.3) is 0 Å². The SMILES string of the molecule is C[C](C)C(OO)OO. The molecule has 0 aliphatic heterocycles. The molecule has 0 amide bonds. The molecule has 0 atom stereocenters. The molecule has 4 heteroatoms. The lowest BCUT2D eigenvalue weighted by molar-refractivity contribution is -0.424. The van der Waals surface area contributed by atoms with Crippen molar-refractivity contribution in [2.45, 2.75) is 20.1 Å². The van der Waals surface area contributed by atoms with Crippen molar-refractivity contribution in [2.75, 3.05) is 0 Å². The fraction of sp³-hybridized carbons (Fsp3) is 0.750. The Kier molecular flexibility index (Phi) is 3.72. The Hall–Kier alpha value is -0.160. The fourth-order valence-corrected chi connectivity index (χ4v) is 0.230. The molecule has 0 heterocycles. The molecule has 0 aromatic rings. The van der Waals surface area contributed by atoms with E-state index in [0.717, 1.165) is 0 Å². The van der Waals surface area contributed by atoms with E-state index in [1.54, 1.807) is 13.8 Å². The van der Waals surface area contributed by atoms with Crippen LogP contribution in [0.5, 0.6) is 0 Å². The van der Waals surface area contributed by atoms with E-state index in [1.807, 2.05) is 0 Å². The highest BCUT2D eigenvalue weighted by molar-refractivity contribution is 4.79. The predicted octanol–water partition coefficient (Wildman–Crippen LogP) is 0.906. The number of rotatable bonds is 3. The molecule has 0 bridgehead atoms. The van der Waals surface area contributed by atoms with Gasteiger partial charge in [0.1, 0.15) is 0 Å². The average molecular weight is 121 g/mol. The maximum absolute atomic E-state index is 7.89. The third kappa shape index (κ3) is 2.23. The second kappa shape index (κ2) is 3.80. The average Bonchev–Trinajstić information content (AvgIpc) is 1.69. The van der Waals surface area contributed by atoms with E-state index in [4.69, 9.17) is 10.5 Å². The summed E-state index contributed by atoms with van der Waals surface area (Å²) in [5, 5.41) is 15.8. The van der Waals surface area contributed by atoms with Crippen molar-refractivity contribution in [3.8, 4) is 0 Å². The predicted molar refractivity (Wildman–Crippen MR) is 25.8 cm³/mol. The van der Waals surface area contributed by atoms with E-state index in [9.17, 15) is 0 Å². The standard InChI is InChI=1S/C4H9O4/c1-3(2)4(7-5)8-6/h4-6H,1-2H3. The van der Waals surface area contributed by atoms with E-state index in [1.165, 1.54) is 0 Å². The lowest BCUT2D eigenvalue weighted by Gasteiger charge is -2.10.